The second kappa shape index (κ2) is 5.20. The van der Waals surface area contributed by atoms with Gasteiger partial charge in [-0.3, -0.25) is 0 Å². The number of thiophene rings is 1. The first-order valence-corrected chi connectivity index (χ1v) is 6.90. The van der Waals surface area contributed by atoms with E-state index in [0.717, 1.165) is 26.4 Å². The summed E-state index contributed by atoms with van der Waals surface area (Å²) in [6, 6.07) is 12.6. The van der Waals surface area contributed by atoms with Gasteiger partial charge in [0, 0.05) is 12.7 Å². The van der Waals surface area contributed by atoms with Crippen molar-refractivity contribution in [1.82, 2.24) is 4.98 Å². The number of pyridine rings is 1. The summed E-state index contributed by atoms with van der Waals surface area (Å²) < 4.78 is 5.90. The van der Waals surface area contributed by atoms with Crippen LogP contribution in [0.2, 0.25) is 0 Å². The average Bonchev–Trinajstić information content (AvgIpc) is 2.90. The van der Waals surface area contributed by atoms with Crippen molar-refractivity contribution in [2.75, 3.05) is 7.11 Å². The Bertz CT molecular complexity index is 736. The van der Waals surface area contributed by atoms with E-state index in [1.807, 2.05) is 30.3 Å². The predicted octanol–water partition coefficient (Wildman–Crippen LogP) is 3.31. The Morgan fingerprint density at radius 2 is 1.90 bits per heavy atom. The van der Waals surface area contributed by atoms with Crippen LogP contribution in [-0.2, 0) is 4.74 Å². The molecule has 0 aliphatic heterocycles. The Morgan fingerprint density at radius 1 is 1.15 bits per heavy atom. The molecule has 0 aliphatic rings. The summed E-state index contributed by atoms with van der Waals surface area (Å²) in [5, 5.41) is 19.0. The molecule has 2 heterocycles. The van der Waals surface area contributed by atoms with Crippen LogP contribution in [0.1, 0.15) is 11.2 Å². The van der Waals surface area contributed by atoms with Gasteiger partial charge >= 0.3 is 0 Å². The zero-order chi connectivity index (χ0) is 14.1. The number of aliphatic hydroxyl groups is 1. The second-order valence-corrected chi connectivity index (χ2v) is 5.48. The quantitative estimate of drug-likeness (QED) is 0.725. The molecule has 0 aliphatic carbocycles. The van der Waals surface area contributed by atoms with E-state index in [2.05, 4.69) is 4.98 Å². The molecule has 20 heavy (non-hydrogen) atoms. The molecular weight excluding hydrogens is 274 g/mol. The molecule has 0 saturated carbocycles. The molecule has 2 N–H and O–H groups in total. The van der Waals surface area contributed by atoms with Crippen LogP contribution in [-0.4, -0.2) is 22.3 Å². The largest absolute Gasteiger partial charge is 0.508 e. The van der Waals surface area contributed by atoms with Crippen LogP contribution in [0, 0.1) is 0 Å². The number of rotatable bonds is 3. The third kappa shape index (κ3) is 2.38. The summed E-state index contributed by atoms with van der Waals surface area (Å²) in [5.41, 5.74) is 2.59. The summed E-state index contributed by atoms with van der Waals surface area (Å²) in [4.78, 5) is 5.31. The summed E-state index contributed by atoms with van der Waals surface area (Å²) in [6.45, 7) is 0. The van der Waals surface area contributed by atoms with Crippen LogP contribution >= 0.6 is 11.3 Å². The molecule has 4 nitrogen and oxygen atoms in total. The molecule has 0 amide bonds. The first-order valence-electron chi connectivity index (χ1n) is 6.08. The molecule has 2 aromatic heterocycles. The lowest BCUT2D eigenvalue weighted by atomic mass is 10.1. The molecule has 3 rings (SSSR count). The van der Waals surface area contributed by atoms with Crippen molar-refractivity contribution in [2.24, 2.45) is 0 Å². The molecule has 0 radical (unpaired) electrons. The standard InChI is InChI=1S/C15H13NO3S/c1-19-15(18)14-8-12-13(20-14)7-6-11(16-12)9-2-4-10(17)5-3-9/h2-8,15,17-18H,1H3. The number of benzene rings is 1. The van der Waals surface area contributed by atoms with E-state index in [1.165, 1.54) is 18.4 Å². The number of hydrogen-bond acceptors (Lipinski definition) is 5. The van der Waals surface area contributed by atoms with Gasteiger partial charge in [-0.1, -0.05) is 0 Å². The molecule has 1 unspecified atom stereocenters. The molecule has 5 heteroatoms. The Morgan fingerprint density at radius 3 is 2.60 bits per heavy atom. The third-order valence-electron chi connectivity index (χ3n) is 3.02. The van der Waals surface area contributed by atoms with Gasteiger partial charge in [-0.25, -0.2) is 4.98 Å². The number of ether oxygens (including phenoxy) is 1. The maximum absolute atomic E-state index is 9.68. The number of hydrogen-bond donors (Lipinski definition) is 2. The Labute approximate surface area is 119 Å². The Balaban J connectivity index is 2.04. The van der Waals surface area contributed by atoms with Gasteiger partial charge in [-0.2, -0.15) is 0 Å². The van der Waals surface area contributed by atoms with Gasteiger partial charge in [0.05, 0.1) is 20.8 Å². The number of aromatic nitrogens is 1. The Kier molecular flexibility index (Phi) is 3.40. The average molecular weight is 287 g/mol. The van der Waals surface area contributed by atoms with Crippen molar-refractivity contribution in [2.45, 2.75) is 6.29 Å². The molecule has 3 aromatic rings. The monoisotopic (exact) mass is 287 g/mol. The lowest BCUT2D eigenvalue weighted by Gasteiger charge is -2.02. The normalized spacial score (nSPS) is 12.7. The smallest absolute Gasteiger partial charge is 0.190 e. The zero-order valence-electron chi connectivity index (χ0n) is 10.8. The zero-order valence-corrected chi connectivity index (χ0v) is 11.6. The fourth-order valence-electron chi connectivity index (χ4n) is 1.97. The molecule has 1 aromatic carbocycles. The highest BCUT2D eigenvalue weighted by Gasteiger charge is 2.11. The van der Waals surface area contributed by atoms with Crippen LogP contribution in [0.3, 0.4) is 0 Å². The van der Waals surface area contributed by atoms with E-state index in [0.29, 0.717) is 0 Å². The minimum Gasteiger partial charge on any atom is -0.508 e. The van der Waals surface area contributed by atoms with Gasteiger partial charge in [0.2, 0.25) is 0 Å². The van der Waals surface area contributed by atoms with E-state index >= 15 is 0 Å². The van der Waals surface area contributed by atoms with Crippen molar-refractivity contribution >= 4 is 21.6 Å². The third-order valence-corrected chi connectivity index (χ3v) is 4.14. The summed E-state index contributed by atoms with van der Waals surface area (Å²) in [6.07, 6.45) is -0.911. The summed E-state index contributed by atoms with van der Waals surface area (Å²) >= 11 is 1.46. The van der Waals surface area contributed by atoms with Crippen LogP contribution in [0.25, 0.3) is 21.5 Å². The fraction of sp³-hybridized carbons (Fsp3) is 0.133. The highest BCUT2D eigenvalue weighted by atomic mass is 32.1. The van der Waals surface area contributed by atoms with Gasteiger partial charge in [0.1, 0.15) is 5.75 Å². The van der Waals surface area contributed by atoms with Gasteiger partial charge in [0.25, 0.3) is 0 Å². The van der Waals surface area contributed by atoms with Crippen LogP contribution in [0.4, 0.5) is 0 Å². The van der Waals surface area contributed by atoms with Gasteiger partial charge in [0.15, 0.2) is 6.29 Å². The number of nitrogens with zero attached hydrogens (tertiary/aromatic N) is 1. The van der Waals surface area contributed by atoms with Crippen LogP contribution < -0.4 is 0 Å². The van der Waals surface area contributed by atoms with Gasteiger partial charge < -0.3 is 14.9 Å². The molecular formula is C15H13NO3S. The van der Waals surface area contributed by atoms with E-state index < -0.39 is 6.29 Å². The van der Waals surface area contributed by atoms with Crippen molar-refractivity contribution in [3.63, 3.8) is 0 Å². The number of fused-ring (bicyclic) bond motifs is 1. The second-order valence-electron chi connectivity index (χ2n) is 4.36. The maximum atomic E-state index is 9.68. The first kappa shape index (κ1) is 13.1. The number of aliphatic hydroxyl groups excluding tert-OH is 1. The minimum atomic E-state index is -0.911. The summed E-state index contributed by atoms with van der Waals surface area (Å²) in [7, 11) is 1.46. The lowest BCUT2D eigenvalue weighted by molar-refractivity contribution is -0.0742. The molecule has 0 bridgehead atoms. The molecule has 0 fully saturated rings. The Hall–Kier alpha value is -1.95. The van der Waals surface area contributed by atoms with Crippen molar-refractivity contribution in [3.8, 4) is 17.0 Å². The lowest BCUT2D eigenvalue weighted by Crippen LogP contribution is -1.95. The van der Waals surface area contributed by atoms with Crippen LogP contribution in [0.5, 0.6) is 5.75 Å². The number of aromatic hydroxyl groups is 1. The van der Waals surface area contributed by atoms with Crippen molar-refractivity contribution in [1.29, 1.82) is 0 Å². The molecule has 0 spiro atoms. The predicted molar refractivity (Wildman–Crippen MR) is 78.7 cm³/mol. The number of phenolic OH excluding ortho intramolecular Hbond substituents is 1. The highest BCUT2D eigenvalue weighted by molar-refractivity contribution is 7.19. The topological polar surface area (TPSA) is 62.6 Å². The fourth-order valence-corrected chi connectivity index (χ4v) is 2.94. The van der Waals surface area contributed by atoms with Gasteiger partial charge in [-0.15, -0.1) is 11.3 Å². The SMILES string of the molecule is COC(O)c1cc2nc(-c3ccc(O)cc3)ccc2s1. The number of methoxy groups -OCH3 is 1. The summed E-state index contributed by atoms with van der Waals surface area (Å²) in [5.74, 6) is 0.232. The van der Waals surface area contributed by atoms with Crippen molar-refractivity contribution in [3.05, 3.63) is 47.3 Å². The molecule has 0 saturated heterocycles. The van der Waals surface area contributed by atoms with E-state index in [-0.39, 0.29) is 5.75 Å². The van der Waals surface area contributed by atoms with Gasteiger partial charge in [-0.05, 0) is 42.5 Å². The minimum absolute atomic E-state index is 0.232. The van der Waals surface area contributed by atoms with E-state index in [4.69, 9.17) is 4.74 Å². The van der Waals surface area contributed by atoms with E-state index in [1.54, 1.807) is 12.1 Å². The van der Waals surface area contributed by atoms with Crippen molar-refractivity contribution < 1.29 is 14.9 Å². The van der Waals surface area contributed by atoms with E-state index in [9.17, 15) is 10.2 Å². The highest BCUT2D eigenvalue weighted by Crippen LogP contribution is 2.31. The number of phenols is 1. The maximum Gasteiger partial charge on any atom is 0.190 e. The van der Waals surface area contributed by atoms with Crippen LogP contribution in [0.15, 0.2) is 42.5 Å². The molecule has 102 valence electrons. The first-order chi connectivity index (χ1) is 9.67. The molecule has 1 atom stereocenters.